The second-order valence-electron chi connectivity index (χ2n) is 4.42. The van der Waals surface area contributed by atoms with E-state index < -0.39 is 0 Å². The van der Waals surface area contributed by atoms with Crippen molar-refractivity contribution >= 4 is 24.0 Å². The molecule has 0 bridgehead atoms. The van der Waals surface area contributed by atoms with Crippen LogP contribution in [0.1, 0.15) is 30.9 Å². The minimum atomic E-state index is -0.00365. The zero-order valence-corrected chi connectivity index (χ0v) is 12.2. The van der Waals surface area contributed by atoms with Gasteiger partial charge >= 0.3 is 0 Å². The van der Waals surface area contributed by atoms with Crippen LogP contribution in [0, 0.1) is 5.92 Å². The molecule has 102 valence electrons. The first-order valence-corrected chi connectivity index (χ1v) is 6.22. The summed E-state index contributed by atoms with van der Waals surface area (Å²) >= 11 is 6.33. The number of rotatable bonds is 4. The van der Waals surface area contributed by atoms with E-state index in [1.165, 1.54) is 19.3 Å². The SMILES string of the molecule is COc1ccc([C@H](N)C2CCC2)c(Cl)c1OC.Cl. The third-order valence-electron chi connectivity index (χ3n) is 3.53. The summed E-state index contributed by atoms with van der Waals surface area (Å²) in [5.41, 5.74) is 7.19. The lowest BCUT2D eigenvalue weighted by Crippen LogP contribution is -2.27. The number of hydrogen-bond acceptors (Lipinski definition) is 3. The summed E-state index contributed by atoms with van der Waals surface area (Å²) in [5, 5.41) is 0.575. The highest BCUT2D eigenvalue weighted by Gasteiger charge is 2.28. The molecule has 0 radical (unpaired) electrons. The molecule has 2 rings (SSSR count). The van der Waals surface area contributed by atoms with Crippen molar-refractivity contribution in [2.24, 2.45) is 11.7 Å². The van der Waals surface area contributed by atoms with Gasteiger partial charge in [-0.3, -0.25) is 0 Å². The lowest BCUT2D eigenvalue weighted by atomic mass is 9.77. The minimum absolute atomic E-state index is 0. The van der Waals surface area contributed by atoms with Gasteiger partial charge in [-0.15, -0.1) is 12.4 Å². The molecular formula is C13H19Cl2NO2. The average Bonchev–Trinajstić information content (AvgIpc) is 2.25. The fourth-order valence-electron chi connectivity index (χ4n) is 2.21. The third-order valence-corrected chi connectivity index (χ3v) is 3.92. The summed E-state index contributed by atoms with van der Waals surface area (Å²) < 4.78 is 10.5. The molecule has 1 aliphatic rings. The summed E-state index contributed by atoms with van der Waals surface area (Å²) in [6.45, 7) is 0. The van der Waals surface area contributed by atoms with E-state index in [2.05, 4.69) is 0 Å². The van der Waals surface area contributed by atoms with Crippen LogP contribution >= 0.6 is 24.0 Å². The Balaban J connectivity index is 0.00000162. The van der Waals surface area contributed by atoms with Gasteiger partial charge in [0, 0.05) is 6.04 Å². The van der Waals surface area contributed by atoms with E-state index in [0.717, 1.165) is 5.56 Å². The van der Waals surface area contributed by atoms with E-state index in [0.29, 0.717) is 22.4 Å². The molecule has 1 aliphatic carbocycles. The molecule has 1 aromatic carbocycles. The molecule has 1 saturated carbocycles. The van der Waals surface area contributed by atoms with Crippen LogP contribution in [0.3, 0.4) is 0 Å². The maximum Gasteiger partial charge on any atom is 0.179 e. The van der Waals surface area contributed by atoms with Gasteiger partial charge in [0.25, 0.3) is 0 Å². The van der Waals surface area contributed by atoms with Crippen molar-refractivity contribution < 1.29 is 9.47 Å². The second-order valence-corrected chi connectivity index (χ2v) is 4.80. The first-order valence-electron chi connectivity index (χ1n) is 5.85. The van der Waals surface area contributed by atoms with Crippen molar-refractivity contribution in [1.29, 1.82) is 0 Å². The van der Waals surface area contributed by atoms with Crippen molar-refractivity contribution in [3.63, 3.8) is 0 Å². The van der Waals surface area contributed by atoms with E-state index in [1.807, 2.05) is 12.1 Å². The van der Waals surface area contributed by atoms with Crippen molar-refractivity contribution in [3.8, 4) is 11.5 Å². The van der Waals surface area contributed by atoms with Crippen LogP contribution in [0.4, 0.5) is 0 Å². The number of benzene rings is 1. The predicted molar refractivity (Wildman–Crippen MR) is 76.1 cm³/mol. The van der Waals surface area contributed by atoms with Crippen LogP contribution in [-0.4, -0.2) is 14.2 Å². The van der Waals surface area contributed by atoms with E-state index in [9.17, 15) is 0 Å². The molecule has 18 heavy (non-hydrogen) atoms. The molecular weight excluding hydrogens is 273 g/mol. The topological polar surface area (TPSA) is 44.5 Å². The fourth-order valence-corrected chi connectivity index (χ4v) is 2.57. The van der Waals surface area contributed by atoms with Crippen LogP contribution in [0.25, 0.3) is 0 Å². The summed E-state index contributed by atoms with van der Waals surface area (Å²) in [6, 6.07) is 3.79. The van der Waals surface area contributed by atoms with Crippen molar-refractivity contribution in [1.82, 2.24) is 0 Å². The van der Waals surface area contributed by atoms with Crippen molar-refractivity contribution in [3.05, 3.63) is 22.7 Å². The lowest BCUT2D eigenvalue weighted by Gasteiger charge is -2.32. The van der Waals surface area contributed by atoms with E-state index in [4.69, 9.17) is 26.8 Å². The lowest BCUT2D eigenvalue weighted by molar-refractivity contribution is 0.263. The molecule has 1 atom stereocenters. The van der Waals surface area contributed by atoms with Gasteiger partial charge in [-0.25, -0.2) is 0 Å². The maximum atomic E-state index is 6.33. The predicted octanol–water partition coefficient (Wildman–Crippen LogP) is 3.58. The first-order chi connectivity index (χ1) is 8.19. The molecule has 1 aromatic rings. The first kappa shape index (κ1) is 15.4. The number of methoxy groups -OCH3 is 2. The molecule has 0 aliphatic heterocycles. The van der Waals surface area contributed by atoms with Gasteiger partial charge < -0.3 is 15.2 Å². The Labute approximate surface area is 119 Å². The Morgan fingerprint density at radius 2 is 1.94 bits per heavy atom. The Bertz CT molecular complexity index is 408. The number of halogens is 2. The summed E-state index contributed by atoms with van der Waals surface area (Å²) in [5.74, 6) is 1.76. The molecule has 3 nitrogen and oxygen atoms in total. The van der Waals surface area contributed by atoms with Crippen LogP contribution in [0.15, 0.2) is 12.1 Å². The molecule has 0 saturated heterocycles. The van der Waals surface area contributed by atoms with Crippen LogP contribution in [-0.2, 0) is 0 Å². The van der Waals surface area contributed by atoms with Gasteiger partial charge in [0.05, 0.1) is 19.2 Å². The number of ether oxygens (including phenoxy) is 2. The van der Waals surface area contributed by atoms with Crippen LogP contribution in [0.5, 0.6) is 11.5 Å². The van der Waals surface area contributed by atoms with E-state index >= 15 is 0 Å². The smallest absolute Gasteiger partial charge is 0.179 e. The normalized spacial score (nSPS) is 16.4. The highest BCUT2D eigenvalue weighted by molar-refractivity contribution is 6.33. The fraction of sp³-hybridized carbons (Fsp3) is 0.538. The Morgan fingerprint density at radius 1 is 1.28 bits per heavy atom. The monoisotopic (exact) mass is 291 g/mol. The van der Waals surface area contributed by atoms with Crippen molar-refractivity contribution in [2.45, 2.75) is 25.3 Å². The highest BCUT2D eigenvalue weighted by Crippen LogP contribution is 2.44. The zero-order chi connectivity index (χ0) is 12.4. The molecule has 1 fully saturated rings. The maximum absolute atomic E-state index is 6.33. The summed E-state index contributed by atoms with van der Waals surface area (Å²) in [6.07, 6.45) is 3.64. The standard InChI is InChI=1S/C13H18ClNO2.ClH/c1-16-10-7-6-9(11(14)13(10)17-2)12(15)8-4-3-5-8;/h6-8,12H,3-5,15H2,1-2H3;1H/t12-;/m1./s1. The largest absolute Gasteiger partial charge is 0.493 e. The highest BCUT2D eigenvalue weighted by atomic mass is 35.5. The Kier molecular flexibility index (Phi) is 5.57. The van der Waals surface area contributed by atoms with E-state index in [-0.39, 0.29) is 18.4 Å². The molecule has 0 heterocycles. The van der Waals surface area contributed by atoms with Gasteiger partial charge in [-0.1, -0.05) is 24.1 Å². The van der Waals surface area contributed by atoms with Gasteiger partial charge in [0.2, 0.25) is 0 Å². The summed E-state index contributed by atoms with van der Waals surface area (Å²) in [7, 11) is 3.18. The molecule has 0 amide bonds. The minimum Gasteiger partial charge on any atom is -0.493 e. The van der Waals surface area contributed by atoms with Crippen LogP contribution in [0.2, 0.25) is 5.02 Å². The Morgan fingerprint density at radius 3 is 2.39 bits per heavy atom. The second kappa shape index (κ2) is 6.50. The quantitative estimate of drug-likeness (QED) is 0.922. The molecule has 5 heteroatoms. The Hall–Kier alpha value is -0.640. The van der Waals surface area contributed by atoms with Gasteiger partial charge in [0.1, 0.15) is 0 Å². The zero-order valence-electron chi connectivity index (χ0n) is 10.6. The van der Waals surface area contributed by atoms with Gasteiger partial charge in [0.15, 0.2) is 11.5 Å². The number of hydrogen-bond donors (Lipinski definition) is 1. The van der Waals surface area contributed by atoms with Gasteiger partial charge in [-0.05, 0) is 30.4 Å². The average molecular weight is 292 g/mol. The molecule has 0 spiro atoms. The third kappa shape index (κ3) is 2.68. The van der Waals surface area contributed by atoms with E-state index in [1.54, 1.807) is 14.2 Å². The summed E-state index contributed by atoms with van der Waals surface area (Å²) in [4.78, 5) is 0. The molecule has 0 aromatic heterocycles. The molecule has 2 N–H and O–H groups in total. The molecule has 0 unspecified atom stereocenters. The number of nitrogens with two attached hydrogens (primary N) is 1. The van der Waals surface area contributed by atoms with Crippen molar-refractivity contribution in [2.75, 3.05) is 14.2 Å². The van der Waals surface area contributed by atoms with Gasteiger partial charge in [-0.2, -0.15) is 0 Å². The van der Waals surface area contributed by atoms with Crippen LogP contribution < -0.4 is 15.2 Å².